The van der Waals surface area contributed by atoms with Gasteiger partial charge in [0.2, 0.25) is 0 Å². The summed E-state index contributed by atoms with van der Waals surface area (Å²) in [5, 5.41) is 14.5. The van der Waals surface area contributed by atoms with Crippen molar-refractivity contribution in [1.29, 1.82) is 0 Å². The van der Waals surface area contributed by atoms with E-state index in [-0.39, 0.29) is 11.6 Å². The van der Waals surface area contributed by atoms with Crippen molar-refractivity contribution in [3.63, 3.8) is 0 Å². The highest BCUT2D eigenvalue weighted by Gasteiger charge is 2.39. The molecule has 8 nitrogen and oxygen atoms in total. The Morgan fingerprint density at radius 2 is 1.86 bits per heavy atom. The first-order chi connectivity index (χ1) is 13.6. The number of amides is 1. The predicted molar refractivity (Wildman–Crippen MR) is 104 cm³/mol. The Kier molecular flexibility index (Phi) is 4.36. The fourth-order valence-electron chi connectivity index (χ4n) is 3.23. The molecule has 1 N–H and O–H groups in total. The molecule has 140 valence electrons. The zero-order valence-electron chi connectivity index (χ0n) is 14.9. The topological polar surface area (TPSA) is 97.6 Å². The first kappa shape index (κ1) is 17.5. The van der Waals surface area contributed by atoms with Gasteiger partial charge in [-0.1, -0.05) is 12.1 Å². The number of nitro benzene ring substituents is 1. The highest BCUT2D eigenvalue weighted by atomic mass is 16.6. The molecule has 4 rings (SSSR count). The van der Waals surface area contributed by atoms with E-state index in [0.717, 1.165) is 0 Å². The molecule has 0 radical (unpaired) electrons. The average molecular weight is 376 g/mol. The van der Waals surface area contributed by atoms with Crippen LogP contribution in [0, 0.1) is 10.1 Å². The Hall–Kier alpha value is -3.94. The Morgan fingerprint density at radius 1 is 1.11 bits per heavy atom. The largest absolute Gasteiger partial charge is 0.497 e. The second kappa shape index (κ2) is 6.99. The molecule has 1 aromatic heterocycles. The minimum atomic E-state index is -0.682. The van der Waals surface area contributed by atoms with Crippen LogP contribution in [0.5, 0.6) is 5.75 Å². The van der Waals surface area contributed by atoms with Crippen molar-refractivity contribution < 1.29 is 14.5 Å². The van der Waals surface area contributed by atoms with Gasteiger partial charge in [0.25, 0.3) is 11.6 Å². The highest BCUT2D eigenvalue weighted by molar-refractivity contribution is 6.11. The lowest BCUT2D eigenvalue weighted by Gasteiger charge is -2.26. The van der Waals surface area contributed by atoms with Gasteiger partial charge in [0.1, 0.15) is 11.4 Å². The van der Waals surface area contributed by atoms with Crippen molar-refractivity contribution in [3.8, 4) is 5.75 Å². The molecule has 1 amide bonds. The third-order valence-electron chi connectivity index (χ3n) is 4.55. The summed E-state index contributed by atoms with van der Waals surface area (Å²) in [5.41, 5.74) is 1.83. The molecule has 3 aromatic rings. The van der Waals surface area contributed by atoms with Gasteiger partial charge in [0.05, 0.1) is 23.3 Å². The van der Waals surface area contributed by atoms with E-state index in [4.69, 9.17) is 4.74 Å². The molecule has 1 atom stereocenters. The maximum atomic E-state index is 13.1. The lowest BCUT2D eigenvalue weighted by atomic mass is 10.2. The average Bonchev–Trinajstić information content (AvgIpc) is 3.00. The summed E-state index contributed by atoms with van der Waals surface area (Å²) in [6.07, 6.45) is 0.913. The van der Waals surface area contributed by atoms with Crippen LogP contribution in [0.1, 0.15) is 22.2 Å². The third-order valence-corrected chi connectivity index (χ3v) is 4.55. The molecular formula is C20H16N4O4. The number of pyridine rings is 1. The van der Waals surface area contributed by atoms with Crippen molar-refractivity contribution in [1.82, 2.24) is 4.98 Å². The molecule has 0 saturated carbocycles. The van der Waals surface area contributed by atoms with E-state index in [2.05, 4.69) is 10.3 Å². The highest BCUT2D eigenvalue weighted by Crippen LogP contribution is 2.38. The summed E-state index contributed by atoms with van der Waals surface area (Å²) < 4.78 is 5.18. The zero-order valence-corrected chi connectivity index (χ0v) is 14.9. The van der Waals surface area contributed by atoms with Gasteiger partial charge < -0.3 is 10.1 Å². The summed E-state index contributed by atoms with van der Waals surface area (Å²) in [7, 11) is 1.56. The van der Waals surface area contributed by atoms with Gasteiger partial charge in [-0.15, -0.1) is 0 Å². The number of nitrogens with zero attached hydrogens (tertiary/aromatic N) is 3. The standard InChI is InChI=1S/C20H16N4O4/c1-28-14-10-8-13(9-11-14)23-19(18-15(20(23)25)5-4-12-21-18)22-16-6-2-3-7-17(16)24(26)27/h2-12,19,22H,1H3. The second-order valence-electron chi connectivity index (χ2n) is 6.13. The molecule has 2 aromatic carbocycles. The Morgan fingerprint density at radius 3 is 2.57 bits per heavy atom. The molecule has 8 heteroatoms. The molecule has 28 heavy (non-hydrogen) atoms. The van der Waals surface area contributed by atoms with Crippen LogP contribution in [-0.2, 0) is 0 Å². The number of ether oxygens (including phenoxy) is 1. The van der Waals surface area contributed by atoms with Crippen LogP contribution in [0.4, 0.5) is 17.1 Å². The van der Waals surface area contributed by atoms with Crippen LogP contribution in [0.15, 0.2) is 66.9 Å². The number of carbonyl (C=O) groups excluding carboxylic acids is 1. The van der Waals surface area contributed by atoms with E-state index in [9.17, 15) is 14.9 Å². The minimum Gasteiger partial charge on any atom is -0.497 e. The maximum Gasteiger partial charge on any atom is 0.292 e. The molecular weight excluding hydrogens is 360 g/mol. The van der Waals surface area contributed by atoms with Gasteiger partial charge >= 0.3 is 0 Å². The summed E-state index contributed by atoms with van der Waals surface area (Å²) >= 11 is 0. The van der Waals surface area contributed by atoms with Crippen LogP contribution in [0.25, 0.3) is 0 Å². The number of aromatic nitrogens is 1. The number of nitro groups is 1. The quantitative estimate of drug-likeness (QED) is 0.538. The summed E-state index contributed by atoms with van der Waals surface area (Å²) in [5.74, 6) is 0.429. The van der Waals surface area contributed by atoms with E-state index in [1.54, 1.807) is 67.9 Å². The van der Waals surface area contributed by atoms with Gasteiger partial charge in [-0.2, -0.15) is 0 Å². The van der Waals surface area contributed by atoms with Crippen LogP contribution in [-0.4, -0.2) is 22.9 Å². The molecule has 0 saturated heterocycles. The third kappa shape index (κ3) is 2.90. The fourth-order valence-corrected chi connectivity index (χ4v) is 3.23. The molecule has 1 unspecified atom stereocenters. The lowest BCUT2D eigenvalue weighted by molar-refractivity contribution is -0.384. The maximum absolute atomic E-state index is 13.1. The predicted octanol–water partition coefficient (Wildman–Crippen LogP) is 3.77. The van der Waals surface area contributed by atoms with Crippen molar-refractivity contribution >= 4 is 23.0 Å². The Balaban J connectivity index is 1.79. The number of benzene rings is 2. The molecule has 1 aliphatic heterocycles. The summed E-state index contributed by atoms with van der Waals surface area (Å²) in [6, 6.07) is 16.7. The number of para-hydroxylation sites is 2. The van der Waals surface area contributed by atoms with E-state index in [0.29, 0.717) is 28.4 Å². The van der Waals surface area contributed by atoms with Gasteiger partial charge in [-0.05, 0) is 42.5 Å². The van der Waals surface area contributed by atoms with Gasteiger partial charge in [0.15, 0.2) is 6.17 Å². The Labute approximate surface area is 160 Å². The summed E-state index contributed by atoms with van der Waals surface area (Å²) in [6.45, 7) is 0. The monoisotopic (exact) mass is 376 g/mol. The van der Waals surface area contributed by atoms with Crippen LogP contribution in [0.2, 0.25) is 0 Å². The molecule has 1 aliphatic rings. The molecule has 0 fully saturated rings. The number of rotatable bonds is 5. The van der Waals surface area contributed by atoms with E-state index in [1.807, 2.05) is 0 Å². The lowest BCUT2D eigenvalue weighted by Crippen LogP contribution is -2.32. The van der Waals surface area contributed by atoms with Crippen molar-refractivity contribution in [2.45, 2.75) is 6.17 Å². The fraction of sp³-hybridized carbons (Fsp3) is 0.100. The van der Waals surface area contributed by atoms with Gasteiger partial charge in [-0.3, -0.25) is 24.8 Å². The second-order valence-corrected chi connectivity index (χ2v) is 6.13. The van der Waals surface area contributed by atoms with Crippen molar-refractivity contribution in [2.24, 2.45) is 0 Å². The Bertz CT molecular complexity index is 1050. The van der Waals surface area contributed by atoms with Gasteiger partial charge in [-0.25, -0.2) is 0 Å². The zero-order chi connectivity index (χ0) is 19.7. The van der Waals surface area contributed by atoms with E-state index in [1.165, 1.54) is 11.0 Å². The van der Waals surface area contributed by atoms with Gasteiger partial charge in [0, 0.05) is 18.0 Å². The number of carbonyl (C=O) groups is 1. The van der Waals surface area contributed by atoms with E-state index >= 15 is 0 Å². The van der Waals surface area contributed by atoms with Crippen LogP contribution < -0.4 is 15.0 Å². The summed E-state index contributed by atoms with van der Waals surface area (Å²) in [4.78, 5) is 29.9. The first-order valence-corrected chi connectivity index (χ1v) is 8.52. The molecule has 0 spiro atoms. The number of fused-ring (bicyclic) bond motifs is 1. The number of anilines is 2. The number of nitrogens with one attached hydrogen (secondary N) is 1. The van der Waals surface area contributed by atoms with Crippen molar-refractivity contribution in [2.75, 3.05) is 17.3 Å². The number of hydrogen-bond donors (Lipinski definition) is 1. The number of methoxy groups -OCH3 is 1. The van der Waals surface area contributed by atoms with Crippen molar-refractivity contribution in [3.05, 3.63) is 88.2 Å². The SMILES string of the molecule is COc1ccc(N2C(=O)c3cccnc3C2Nc2ccccc2[N+](=O)[O-])cc1. The molecule has 2 heterocycles. The van der Waals surface area contributed by atoms with Crippen LogP contribution in [0.3, 0.4) is 0 Å². The molecule has 0 aliphatic carbocycles. The minimum absolute atomic E-state index is 0.0750. The smallest absolute Gasteiger partial charge is 0.292 e. The first-order valence-electron chi connectivity index (χ1n) is 8.52. The number of hydrogen-bond acceptors (Lipinski definition) is 6. The normalized spacial score (nSPS) is 15.2. The van der Waals surface area contributed by atoms with E-state index < -0.39 is 11.1 Å². The molecule has 0 bridgehead atoms. The van der Waals surface area contributed by atoms with Crippen LogP contribution >= 0.6 is 0 Å².